The Bertz CT molecular complexity index is 493. The largest absolute Gasteiger partial charge is 0.315 e. The number of fused-ring (bicyclic) bond motifs is 1. The molecule has 0 saturated carbocycles. The van der Waals surface area contributed by atoms with Crippen molar-refractivity contribution in [1.82, 2.24) is 20.6 Å². The molecule has 18 heavy (non-hydrogen) atoms. The Morgan fingerprint density at radius 3 is 2.89 bits per heavy atom. The second-order valence-corrected chi connectivity index (χ2v) is 4.43. The number of rotatable bonds is 6. The fourth-order valence-corrected chi connectivity index (χ4v) is 1.91. The van der Waals surface area contributed by atoms with Gasteiger partial charge in [0.1, 0.15) is 0 Å². The molecule has 1 atom stereocenters. The predicted molar refractivity (Wildman–Crippen MR) is 74.4 cm³/mol. The predicted octanol–water partition coefficient (Wildman–Crippen LogP) is 1.72. The molecule has 0 aliphatic carbocycles. The fraction of sp³-hybridized carbons (Fsp3) is 0.429. The molecule has 1 aromatic carbocycles. The van der Waals surface area contributed by atoms with E-state index in [1.165, 1.54) is 5.56 Å². The lowest BCUT2D eigenvalue weighted by Gasteiger charge is -2.14. The van der Waals surface area contributed by atoms with Crippen molar-refractivity contribution in [2.24, 2.45) is 0 Å². The Morgan fingerprint density at radius 2 is 2.06 bits per heavy atom. The first kappa shape index (κ1) is 12.9. The van der Waals surface area contributed by atoms with Crippen molar-refractivity contribution in [1.29, 1.82) is 0 Å². The number of hydrogen-bond acceptors (Lipinski definition) is 4. The van der Waals surface area contributed by atoms with Crippen molar-refractivity contribution in [3.05, 3.63) is 36.2 Å². The van der Waals surface area contributed by atoms with Gasteiger partial charge in [0.15, 0.2) is 0 Å². The van der Waals surface area contributed by atoms with Crippen LogP contribution in [0.3, 0.4) is 0 Å². The van der Waals surface area contributed by atoms with Crippen LogP contribution in [0.4, 0.5) is 0 Å². The van der Waals surface area contributed by atoms with Gasteiger partial charge in [0.25, 0.3) is 0 Å². The molecule has 0 spiro atoms. The van der Waals surface area contributed by atoms with Gasteiger partial charge in [0.05, 0.1) is 11.0 Å². The summed E-state index contributed by atoms with van der Waals surface area (Å²) < 4.78 is 0. The van der Waals surface area contributed by atoms with Gasteiger partial charge in [-0.2, -0.15) is 0 Å². The molecule has 2 N–H and O–H groups in total. The minimum absolute atomic E-state index is 0.442. The van der Waals surface area contributed by atoms with Gasteiger partial charge < -0.3 is 10.6 Å². The SMILES string of the molecule is CCNCC(C)NCc1cccc2nccnc12. The Kier molecular flexibility index (Phi) is 4.61. The first-order chi connectivity index (χ1) is 8.81. The summed E-state index contributed by atoms with van der Waals surface area (Å²) in [6, 6.07) is 6.57. The molecule has 1 unspecified atom stereocenters. The molecule has 0 saturated heterocycles. The lowest BCUT2D eigenvalue weighted by molar-refractivity contribution is 0.510. The van der Waals surface area contributed by atoms with Crippen LogP contribution in [0.25, 0.3) is 11.0 Å². The summed E-state index contributed by atoms with van der Waals surface area (Å²) in [7, 11) is 0. The van der Waals surface area contributed by atoms with Gasteiger partial charge in [-0.3, -0.25) is 9.97 Å². The normalized spacial score (nSPS) is 12.8. The Labute approximate surface area is 108 Å². The number of benzene rings is 1. The van der Waals surface area contributed by atoms with E-state index in [9.17, 15) is 0 Å². The maximum absolute atomic E-state index is 4.40. The molecule has 1 aromatic heterocycles. The number of aromatic nitrogens is 2. The van der Waals surface area contributed by atoms with E-state index in [-0.39, 0.29) is 0 Å². The monoisotopic (exact) mass is 244 g/mol. The third kappa shape index (κ3) is 3.24. The van der Waals surface area contributed by atoms with Crippen LogP contribution in [0.2, 0.25) is 0 Å². The summed E-state index contributed by atoms with van der Waals surface area (Å²) in [6.07, 6.45) is 3.47. The van der Waals surface area contributed by atoms with Crippen LogP contribution in [-0.2, 0) is 6.54 Å². The average Bonchev–Trinajstić information content (AvgIpc) is 2.42. The Balaban J connectivity index is 2.03. The van der Waals surface area contributed by atoms with Crippen LogP contribution in [0.5, 0.6) is 0 Å². The quantitative estimate of drug-likeness (QED) is 0.812. The molecule has 0 radical (unpaired) electrons. The molecule has 1 heterocycles. The number of nitrogens with zero attached hydrogens (tertiary/aromatic N) is 2. The van der Waals surface area contributed by atoms with E-state index in [0.29, 0.717) is 6.04 Å². The van der Waals surface area contributed by atoms with E-state index in [2.05, 4.69) is 40.5 Å². The molecule has 4 nitrogen and oxygen atoms in total. The van der Waals surface area contributed by atoms with E-state index < -0.39 is 0 Å². The highest BCUT2D eigenvalue weighted by Gasteiger charge is 2.04. The highest BCUT2D eigenvalue weighted by molar-refractivity contribution is 5.77. The second kappa shape index (κ2) is 6.42. The molecule has 4 heteroatoms. The zero-order valence-electron chi connectivity index (χ0n) is 11.0. The van der Waals surface area contributed by atoms with E-state index in [1.807, 2.05) is 12.1 Å². The van der Waals surface area contributed by atoms with Crippen LogP contribution in [0.15, 0.2) is 30.6 Å². The van der Waals surface area contributed by atoms with Crippen LogP contribution in [-0.4, -0.2) is 29.1 Å². The fourth-order valence-electron chi connectivity index (χ4n) is 1.91. The van der Waals surface area contributed by atoms with Gasteiger partial charge in [-0.1, -0.05) is 19.1 Å². The van der Waals surface area contributed by atoms with E-state index in [4.69, 9.17) is 0 Å². The summed E-state index contributed by atoms with van der Waals surface area (Å²) in [4.78, 5) is 8.72. The standard InChI is InChI=1S/C14H20N4/c1-3-15-9-11(2)18-10-12-5-4-6-13-14(12)17-8-7-16-13/h4-8,11,15,18H,3,9-10H2,1-2H3. The third-order valence-electron chi connectivity index (χ3n) is 2.92. The van der Waals surface area contributed by atoms with Gasteiger partial charge in [0, 0.05) is 31.5 Å². The summed E-state index contributed by atoms with van der Waals surface area (Å²) in [5.74, 6) is 0. The first-order valence-corrected chi connectivity index (χ1v) is 6.44. The van der Waals surface area contributed by atoms with Gasteiger partial charge in [-0.25, -0.2) is 0 Å². The molecular weight excluding hydrogens is 224 g/mol. The first-order valence-electron chi connectivity index (χ1n) is 6.44. The molecule has 0 aliphatic rings. The minimum Gasteiger partial charge on any atom is -0.315 e. The number of para-hydroxylation sites is 1. The van der Waals surface area contributed by atoms with Gasteiger partial charge in [-0.15, -0.1) is 0 Å². The minimum atomic E-state index is 0.442. The summed E-state index contributed by atoms with van der Waals surface area (Å²) in [6.45, 7) is 7.10. The van der Waals surface area contributed by atoms with Crippen LogP contribution >= 0.6 is 0 Å². The summed E-state index contributed by atoms with van der Waals surface area (Å²) >= 11 is 0. The second-order valence-electron chi connectivity index (χ2n) is 4.43. The van der Waals surface area contributed by atoms with Gasteiger partial charge in [-0.05, 0) is 25.1 Å². The van der Waals surface area contributed by atoms with E-state index >= 15 is 0 Å². The molecule has 2 aromatic rings. The smallest absolute Gasteiger partial charge is 0.0931 e. The average molecular weight is 244 g/mol. The van der Waals surface area contributed by atoms with Crippen molar-refractivity contribution in [3.63, 3.8) is 0 Å². The molecule has 0 bridgehead atoms. The van der Waals surface area contributed by atoms with E-state index in [0.717, 1.165) is 30.7 Å². The van der Waals surface area contributed by atoms with Gasteiger partial charge in [0.2, 0.25) is 0 Å². The Morgan fingerprint density at radius 1 is 1.22 bits per heavy atom. The number of likely N-dealkylation sites (N-methyl/N-ethyl adjacent to an activating group) is 1. The zero-order chi connectivity index (χ0) is 12.8. The van der Waals surface area contributed by atoms with Crippen LogP contribution in [0.1, 0.15) is 19.4 Å². The van der Waals surface area contributed by atoms with Crippen molar-refractivity contribution in [2.75, 3.05) is 13.1 Å². The lowest BCUT2D eigenvalue weighted by atomic mass is 10.1. The number of nitrogens with one attached hydrogen (secondary N) is 2. The zero-order valence-corrected chi connectivity index (χ0v) is 11.0. The topological polar surface area (TPSA) is 49.8 Å². The molecule has 0 aliphatic heterocycles. The molecule has 2 rings (SSSR count). The third-order valence-corrected chi connectivity index (χ3v) is 2.92. The van der Waals surface area contributed by atoms with Crippen molar-refractivity contribution in [2.45, 2.75) is 26.4 Å². The molecule has 0 fully saturated rings. The Hall–Kier alpha value is -1.52. The summed E-state index contributed by atoms with van der Waals surface area (Å²) in [5.41, 5.74) is 3.14. The highest BCUT2D eigenvalue weighted by atomic mass is 15.0. The maximum atomic E-state index is 4.40. The number of hydrogen-bond donors (Lipinski definition) is 2. The van der Waals surface area contributed by atoms with Crippen molar-refractivity contribution >= 4 is 11.0 Å². The highest BCUT2D eigenvalue weighted by Crippen LogP contribution is 2.13. The summed E-state index contributed by atoms with van der Waals surface area (Å²) in [5, 5.41) is 6.83. The molecule has 0 amide bonds. The van der Waals surface area contributed by atoms with Crippen LogP contribution < -0.4 is 10.6 Å². The van der Waals surface area contributed by atoms with Crippen molar-refractivity contribution in [3.8, 4) is 0 Å². The van der Waals surface area contributed by atoms with Gasteiger partial charge >= 0.3 is 0 Å². The van der Waals surface area contributed by atoms with Crippen molar-refractivity contribution < 1.29 is 0 Å². The lowest BCUT2D eigenvalue weighted by Crippen LogP contribution is -2.35. The maximum Gasteiger partial charge on any atom is 0.0931 e. The molecule has 96 valence electrons. The van der Waals surface area contributed by atoms with E-state index in [1.54, 1.807) is 12.4 Å². The van der Waals surface area contributed by atoms with Crippen LogP contribution in [0, 0.1) is 0 Å². The molecular formula is C14H20N4.